The van der Waals surface area contributed by atoms with Crippen molar-refractivity contribution < 1.29 is 28.6 Å². The minimum absolute atomic E-state index is 0.162. The predicted octanol–water partition coefficient (Wildman–Crippen LogP) is 6.15. The number of carbonyl (C=O) groups excluding carboxylic acids is 2. The van der Waals surface area contributed by atoms with Crippen molar-refractivity contribution in [2.75, 3.05) is 23.4 Å². The number of rotatable bonds is 13. The third kappa shape index (κ3) is 7.69. The first-order valence-electron chi connectivity index (χ1n) is 13.4. The zero-order valence-corrected chi connectivity index (χ0v) is 23.1. The van der Waals surface area contributed by atoms with Gasteiger partial charge < -0.3 is 20.1 Å². The molecule has 0 aliphatic carbocycles. The van der Waals surface area contributed by atoms with Crippen LogP contribution in [0.15, 0.2) is 115 Å². The molecule has 0 saturated carbocycles. The number of aliphatic carboxylic acids is 1. The van der Waals surface area contributed by atoms with Gasteiger partial charge >= 0.3 is 5.97 Å². The maximum absolute atomic E-state index is 13.4. The van der Waals surface area contributed by atoms with Crippen LogP contribution in [0.2, 0.25) is 0 Å². The molecule has 0 saturated heterocycles. The fourth-order valence-corrected chi connectivity index (χ4v) is 4.35. The standard InChI is InChI=1S/C34H31FN2O5/c1-23(2)33(39)37(27-16-14-26(35)15-17-27)20-21-42-28-18-12-24(13-19-28)22-31(34(40)41)36-30-11-7-6-10-29(30)32(38)25-8-4-3-5-9-25/h3-19,31,36H,1,20-22H2,2H3,(H,40,41)/t31-/m0/s1. The summed E-state index contributed by atoms with van der Waals surface area (Å²) in [6, 6.07) is 27.3. The second-order valence-corrected chi connectivity index (χ2v) is 9.69. The van der Waals surface area contributed by atoms with E-state index in [1.54, 1.807) is 79.7 Å². The molecule has 0 radical (unpaired) electrons. The lowest BCUT2D eigenvalue weighted by Gasteiger charge is -2.23. The third-order valence-corrected chi connectivity index (χ3v) is 6.53. The molecule has 0 fully saturated rings. The van der Waals surface area contributed by atoms with Crippen molar-refractivity contribution in [1.29, 1.82) is 0 Å². The lowest BCUT2D eigenvalue weighted by Crippen LogP contribution is -2.35. The highest BCUT2D eigenvalue weighted by Crippen LogP contribution is 2.22. The highest BCUT2D eigenvalue weighted by Gasteiger charge is 2.22. The maximum Gasteiger partial charge on any atom is 0.326 e. The van der Waals surface area contributed by atoms with Gasteiger partial charge in [-0.2, -0.15) is 0 Å². The van der Waals surface area contributed by atoms with Crippen LogP contribution in [-0.4, -0.2) is 42.0 Å². The second kappa shape index (κ2) is 13.9. The van der Waals surface area contributed by atoms with Crippen LogP contribution < -0.4 is 15.0 Å². The quantitative estimate of drug-likeness (QED) is 0.149. The van der Waals surface area contributed by atoms with E-state index in [4.69, 9.17) is 4.74 Å². The van der Waals surface area contributed by atoms with Gasteiger partial charge in [-0.15, -0.1) is 0 Å². The largest absolute Gasteiger partial charge is 0.492 e. The molecule has 2 N–H and O–H groups in total. The molecule has 4 aromatic rings. The van der Waals surface area contributed by atoms with Crippen molar-refractivity contribution in [2.24, 2.45) is 0 Å². The molecule has 0 aromatic heterocycles. The molecule has 7 nitrogen and oxygen atoms in total. The Hall–Kier alpha value is -5.24. The van der Waals surface area contributed by atoms with E-state index in [9.17, 15) is 23.9 Å². The second-order valence-electron chi connectivity index (χ2n) is 9.69. The van der Waals surface area contributed by atoms with Gasteiger partial charge in [0.1, 0.15) is 24.2 Å². The minimum Gasteiger partial charge on any atom is -0.492 e. The number of amides is 1. The average Bonchev–Trinajstić information content (AvgIpc) is 3.00. The molecule has 42 heavy (non-hydrogen) atoms. The zero-order valence-electron chi connectivity index (χ0n) is 23.1. The molecule has 0 aliphatic heterocycles. The van der Waals surface area contributed by atoms with Gasteiger partial charge in [0.05, 0.1) is 6.54 Å². The van der Waals surface area contributed by atoms with Crippen LogP contribution in [0.3, 0.4) is 0 Å². The number of benzene rings is 4. The monoisotopic (exact) mass is 566 g/mol. The van der Waals surface area contributed by atoms with Crippen LogP contribution in [0.25, 0.3) is 0 Å². The van der Waals surface area contributed by atoms with Gasteiger partial charge in [-0.25, -0.2) is 9.18 Å². The normalized spacial score (nSPS) is 11.3. The predicted molar refractivity (Wildman–Crippen MR) is 161 cm³/mol. The molecule has 4 aromatic carbocycles. The first-order valence-corrected chi connectivity index (χ1v) is 13.4. The van der Waals surface area contributed by atoms with Crippen LogP contribution in [0.4, 0.5) is 15.8 Å². The smallest absolute Gasteiger partial charge is 0.326 e. The summed E-state index contributed by atoms with van der Waals surface area (Å²) < 4.78 is 19.2. The van der Waals surface area contributed by atoms with Crippen LogP contribution in [0.1, 0.15) is 28.4 Å². The molecule has 1 amide bonds. The van der Waals surface area contributed by atoms with Crippen LogP contribution >= 0.6 is 0 Å². The highest BCUT2D eigenvalue weighted by molar-refractivity contribution is 6.12. The lowest BCUT2D eigenvalue weighted by molar-refractivity contribution is -0.137. The van der Waals surface area contributed by atoms with E-state index >= 15 is 0 Å². The molecule has 0 aliphatic rings. The number of hydrogen-bond donors (Lipinski definition) is 2. The molecular weight excluding hydrogens is 535 g/mol. The average molecular weight is 567 g/mol. The summed E-state index contributed by atoms with van der Waals surface area (Å²) in [4.78, 5) is 39.3. The SMILES string of the molecule is C=C(C)C(=O)N(CCOc1ccc(C[C@H](Nc2ccccc2C(=O)c2ccccc2)C(=O)O)cc1)c1ccc(F)cc1. The van der Waals surface area contributed by atoms with E-state index in [2.05, 4.69) is 11.9 Å². The van der Waals surface area contributed by atoms with E-state index in [-0.39, 0.29) is 31.3 Å². The fraction of sp³-hybridized carbons (Fsp3) is 0.147. The number of nitrogens with one attached hydrogen (secondary N) is 1. The highest BCUT2D eigenvalue weighted by atomic mass is 19.1. The van der Waals surface area contributed by atoms with Crippen LogP contribution in [-0.2, 0) is 16.0 Å². The summed E-state index contributed by atoms with van der Waals surface area (Å²) >= 11 is 0. The summed E-state index contributed by atoms with van der Waals surface area (Å²) in [5.41, 5.74) is 2.96. The Balaban J connectivity index is 1.39. The van der Waals surface area contributed by atoms with Gasteiger partial charge in [-0.3, -0.25) is 9.59 Å². The van der Waals surface area contributed by atoms with Gasteiger partial charge in [-0.1, -0.05) is 61.2 Å². The van der Waals surface area contributed by atoms with Gasteiger partial charge in [0.15, 0.2) is 5.78 Å². The van der Waals surface area contributed by atoms with Crippen molar-refractivity contribution in [3.63, 3.8) is 0 Å². The lowest BCUT2D eigenvalue weighted by atomic mass is 10.00. The van der Waals surface area contributed by atoms with E-state index in [1.165, 1.54) is 29.2 Å². The number of ether oxygens (including phenoxy) is 1. The Morgan fingerprint density at radius 3 is 2.19 bits per heavy atom. The van der Waals surface area contributed by atoms with E-state index in [0.717, 1.165) is 5.56 Å². The fourth-order valence-electron chi connectivity index (χ4n) is 4.35. The maximum atomic E-state index is 13.4. The first kappa shape index (κ1) is 29.7. The number of anilines is 2. The molecule has 0 spiro atoms. The molecule has 8 heteroatoms. The van der Waals surface area contributed by atoms with Crippen molar-refractivity contribution in [3.05, 3.63) is 138 Å². The van der Waals surface area contributed by atoms with Crippen LogP contribution in [0.5, 0.6) is 5.75 Å². The Labute approximate surface area is 243 Å². The number of carboxylic acids is 1. The molecule has 1 atom stereocenters. The number of hydrogen-bond acceptors (Lipinski definition) is 5. The summed E-state index contributed by atoms with van der Waals surface area (Å²) in [6.45, 7) is 5.70. The summed E-state index contributed by atoms with van der Waals surface area (Å²) in [5, 5.41) is 13.0. The van der Waals surface area contributed by atoms with Crippen molar-refractivity contribution in [3.8, 4) is 5.75 Å². The number of halogens is 1. The number of para-hydroxylation sites is 1. The van der Waals surface area contributed by atoms with Gasteiger partial charge in [0, 0.05) is 34.5 Å². The molecule has 0 heterocycles. The Kier molecular flexibility index (Phi) is 9.84. The number of carbonyl (C=O) groups is 3. The van der Waals surface area contributed by atoms with E-state index < -0.39 is 17.8 Å². The van der Waals surface area contributed by atoms with Crippen molar-refractivity contribution >= 4 is 29.0 Å². The van der Waals surface area contributed by atoms with E-state index in [0.29, 0.717) is 33.8 Å². The molecular formula is C34H31FN2O5. The number of carboxylic acid groups (broad SMARTS) is 1. The van der Waals surface area contributed by atoms with Gasteiger partial charge in [-0.05, 0) is 61.0 Å². The zero-order chi connectivity index (χ0) is 30.1. The number of nitrogens with zero attached hydrogens (tertiary/aromatic N) is 1. The van der Waals surface area contributed by atoms with Crippen molar-refractivity contribution in [2.45, 2.75) is 19.4 Å². The molecule has 214 valence electrons. The topological polar surface area (TPSA) is 95.9 Å². The minimum atomic E-state index is -1.06. The number of ketones is 1. The summed E-state index contributed by atoms with van der Waals surface area (Å²) in [5.74, 6) is -1.41. The Bertz CT molecular complexity index is 1550. The first-order chi connectivity index (χ1) is 20.2. The summed E-state index contributed by atoms with van der Waals surface area (Å²) in [6.07, 6.45) is 0.162. The molecule has 4 rings (SSSR count). The van der Waals surface area contributed by atoms with Crippen molar-refractivity contribution in [1.82, 2.24) is 0 Å². The third-order valence-electron chi connectivity index (χ3n) is 6.53. The Morgan fingerprint density at radius 2 is 1.55 bits per heavy atom. The molecule has 0 unspecified atom stereocenters. The Morgan fingerprint density at radius 1 is 0.905 bits per heavy atom. The molecule has 0 bridgehead atoms. The summed E-state index contributed by atoms with van der Waals surface area (Å²) in [7, 11) is 0. The van der Waals surface area contributed by atoms with Gasteiger partial charge in [0.25, 0.3) is 5.91 Å². The van der Waals surface area contributed by atoms with Crippen LogP contribution in [0, 0.1) is 5.82 Å². The van der Waals surface area contributed by atoms with E-state index in [1.807, 2.05) is 6.07 Å². The van der Waals surface area contributed by atoms with Gasteiger partial charge in [0.2, 0.25) is 0 Å².